The minimum absolute atomic E-state index is 0.125. The van der Waals surface area contributed by atoms with Crippen LogP contribution in [0.25, 0.3) is 0 Å². The van der Waals surface area contributed by atoms with E-state index in [9.17, 15) is 9.59 Å². The topological polar surface area (TPSA) is 49.4 Å². The lowest BCUT2D eigenvalue weighted by molar-refractivity contribution is -0.140. The molecular weight excluding hydrogens is 487 g/mol. The minimum atomic E-state index is -0.698. The Morgan fingerprint density at radius 1 is 0.941 bits per heavy atom. The molecule has 0 bridgehead atoms. The van der Waals surface area contributed by atoms with E-state index in [4.69, 9.17) is 23.2 Å². The molecule has 3 aromatic rings. The van der Waals surface area contributed by atoms with Gasteiger partial charge in [-0.2, -0.15) is 0 Å². The highest BCUT2D eigenvalue weighted by Crippen LogP contribution is 2.28. The van der Waals surface area contributed by atoms with Crippen LogP contribution in [0.15, 0.2) is 77.7 Å². The van der Waals surface area contributed by atoms with Gasteiger partial charge < -0.3 is 10.2 Å². The zero-order chi connectivity index (χ0) is 24.5. The van der Waals surface area contributed by atoms with Crippen molar-refractivity contribution in [3.05, 3.63) is 99.5 Å². The molecule has 3 aromatic carbocycles. The first-order valence-electron chi connectivity index (χ1n) is 11.1. The molecule has 178 valence electrons. The van der Waals surface area contributed by atoms with Crippen molar-refractivity contribution in [1.29, 1.82) is 0 Å². The molecule has 2 amide bonds. The third kappa shape index (κ3) is 7.26. The zero-order valence-electron chi connectivity index (χ0n) is 19.3. The van der Waals surface area contributed by atoms with Gasteiger partial charge in [0.15, 0.2) is 0 Å². The lowest BCUT2D eigenvalue weighted by Gasteiger charge is -2.31. The van der Waals surface area contributed by atoms with Crippen LogP contribution in [0.3, 0.4) is 0 Å². The van der Waals surface area contributed by atoms with Crippen molar-refractivity contribution in [3.63, 3.8) is 0 Å². The highest BCUT2D eigenvalue weighted by Gasteiger charge is 2.30. The van der Waals surface area contributed by atoms with Crippen LogP contribution in [0.1, 0.15) is 23.1 Å². The molecule has 0 aliphatic rings. The van der Waals surface area contributed by atoms with Gasteiger partial charge in [-0.25, -0.2) is 0 Å². The van der Waals surface area contributed by atoms with Gasteiger partial charge in [-0.05, 0) is 36.8 Å². The van der Waals surface area contributed by atoms with E-state index in [2.05, 4.69) is 29.6 Å². The molecule has 0 heterocycles. The molecule has 0 spiro atoms. The summed E-state index contributed by atoms with van der Waals surface area (Å²) >= 11 is 14.5. The van der Waals surface area contributed by atoms with Crippen LogP contribution in [0.2, 0.25) is 10.0 Å². The monoisotopic (exact) mass is 514 g/mol. The lowest BCUT2D eigenvalue weighted by atomic mass is 10.0. The van der Waals surface area contributed by atoms with Crippen LogP contribution in [0, 0.1) is 6.92 Å². The number of hydrogen-bond acceptors (Lipinski definition) is 3. The number of nitrogens with one attached hydrogen (secondary N) is 1. The van der Waals surface area contributed by atoms with Gasteiger partial charge >= 0.3 is 0 Å². The van der Waals surface area contributed by atoms with Crippen molar-refractivity contribution in [2.24, 2.45) is 0 Å². The first-order valence-corrected chi connectivity index (χ1v) is 12.8. The second kappa shape index (κ2) is 12.8. The van der Waals surface area contributed by atoms with Crippen LogP contribution in [-0.4, -0.2) is 35.6 Å². The summed E-state index contributed by atoms with van der Waals surface area (Å²) in [5.41, 5.74) is 2.79. The summed E-state index contributed by atoms with van der Waals surface area (Å²) in [4.78, 5) is 29.2. The molecule has 3 rings (SSSR count). The van der Waals surface area contributed by atoms with E-state index < -0.39 is 6.04 Å². The van der Waals surface area contributed by atoms with E-state index in [0.29, 0.717) is 27.8 Å². The highest BCUT2D eigenvalue weighted by molar-refractivity contribution is 7.99. The SMILES string of the molecule is CNC(=O)[C@@H](Cc1ccccc1)N(Cc1c(Cl)cccc1Cl)C(=O)CCSc1ccc(C)cc1. The summed E-state index contributed by atoms with van der Waals surface area (Å²) in [5.74, 6) is 0.243. The molecule has 4 nitrogen and oxygen atoms in total. The molecule has 0 radical (unpaired) electrons. The van der Waals surface area contributed by atoms with Crippen molar-refractivity contribution < 1.29 is 9.59 Å². The fraction of sp³-hybridized carbons (Fsp3) is 0.259. The smallest absolute Gasteiger partial charge is 0.242 e. The van der Waals surface area contributed by atoms with Gasteiger partial charge in [-0.1, -0.05) is 77.3 Å². The normalized spacial score (nSPS) is 11.6. The van der Waals surface area contributed by atoms with Crippen molar-refractivity contribution in [2.75, 3.05) is 12.8 Å². The van der Waals surface area contributed by atoms with Crippen LogP contribution in [-0.2, 0) is 22.6 Å². The van der Waals surface area contributed by atoms with Gasteiger partial charge in [0.2, 0.25) is 11.8 Å². The Bertz CT molecular complexity index is 1090. The molecule has 34 heavy (non-hydrogen) atoms. The predicted molar refractivity (Wildman–Crippen MR) is 142 cm³/mol. The van der Waals surface area contributed by atoms with Gasteiger partial charge in [0, 0.05) is 52.7 Å². The molecular formula is C27H28Cl2N2O2S. The number of hydrogen-bond donors (Lipinski definition) is 1. The first kappa shape index (κ1) is 26.1. The van der Waals surface area contributed by atoms with Crippen LogP contribution < -0.4 is 5.32 Å². The molecule has 1 N–H and O–H groups in total. The quantitative estimate of drug-likeness (QED) is 0.329. The summed E-state index contributed by atoms with van der Waals surface area (Å²) in [6.07, 6.45) is 0.669. The highest BCUT2D eigenvalue weighted by atomic mass is 35.5. The largest absolute Gasteiger partial charge is 0.357 e. The van der Waals surface area contributed by atoms with Crippen LogP contribution >= 0.6 is 35.0 Å². The molecule has 0 aliphatic heterocycles. The van der Waals surface area contributed by atoms with Crippen LogP contribution in [0.4, 0.5) is 0 Å². The van der Waals surface area contributed by atoms with E-state index in [0.717, 1.165) is 10.5 Å². The number of thioether (sulfide) groups is 1. The molecule has 0 unspecified atom stereocenters. The van der Waals surface area contributed by atoms with Crippen LogP contribution in [0.5, 0.6) is 0 Å². The van der Waals surface area contributed by atoms with E-state index in [1.165, 1.54) is 5.56 Å². The number of halogens is 2. The lowest BCUT2D eigenvalue weighted by Crippen LogP contribution is -2.49. The molecule has 0 fully saturated rings. The average Bonchev–Trinajstić information content (AvgIpc) is 2.84. The van der Waals surface area contributed by atoms with E-state index >= 15 is 0 Å². The molecule has 0 aliphatic carbocycles. The Labute approximate surface area is 215 Å². The zero-order valence-corrected chi connectivity index (χ0v) is 21.6. The third-order valence-electron chi connectivity index (χ3n) is 5.51. The molecule has 7 heteroatoms. The number of carbonyl (C=O) groups excluding carboxylic acids is 2. The number of amides is 2. The van der Waals surface area contributed by atoms with Gasteiger partial charge in [-0.15, -0.1) is 11.8 Å². The van der Waals surface area contributed by atoms with Crippen molar-refractivity contribution in [2.45, 2.75) is 37.2 Å². The maximum Gasteiger partial charge on any atom is 0.242 e. The minimum Gasteiger partial charge on any atom is -0.357 e. The predicted octanol–water partition coefficient (Wildman–Crippen LogP) is 6.17. The second-order valence-electron chi connectivity index (χ2n) is 7.95. The fourth-order valence-corrected chi connectivity index (χ4v) is 4.97. The third-order valence-corrected chi connectivity index (χ3v) is 7.24. The maximum atomic E-state index is 13.5. The Balaban J connectivity index is 1.85. The van der Waals surface area contributed by atoms with Gasteiger partial charge in [0.05, 0.1) is 0 Å². The number of rotatable bonds is 10. The summed E-state index contributed by atoms with van der Waals surface area (Å²) < 4.78 is 0. The number of nitrogens with zero attached hydrogens (tertiary/aromatic N) is 1. The number of carbonyl (C=O) groups is 2. The Hall–Kier alpha value is -2.47. The first-order chi connectivity index (χ1) is 16.4. The van der Waals surface area contributed by atoms with E-state index in [-0.39, 0.29) is 24.8 Å². The summed E-state index contributed by atoms with van der Waals surface area (Å²) in [6.45, 7) is 2.19. The van der Waals surface area contributed by atoms with Crippen molar-refractivity contribution in [1.82, 2.24) is 10.2 Å². The Morgan fingerprint density at radius 2 is 1.59 bits per heavy atom. The standard InChI is InChI=1S/C27H28Cl2N2O2S/c1-19-11-13-21(14-12-19)34-16-15-26(32)31(18-22-23(28)9-6-10-24(22)29)25(27(33)30-2)17-20-7-4-3-5-8-20/h3-14,25H,15-18H2,1-2H3,(H,30,33)/t25-/m1/s1. The number of aryl methyl sites for hydroxylation is 1. The van der Waals surface area contributed by atoms with E-state index in [1.54, 1.807) is 41.9 Å². The summed E-state index contributed by atoms with van der Waals surface area (Å²) in [5, 5.41) is 3.65. The van der Waals surface area contributed by atoms with E-state index in [1.807, 2.05) is 37.3 Å². The molecule has 1 atom stereocenters. The summed E-state index contributed by atoms with van der Waals surface area (Å²) in [6, 6.07) is 22.4. The van der Waals surface area contributed by atoms with Gasteiger partial charge in [-0.3, -0.25) is 9.59 Å². The fourth-order valence-electron chi connectivity index (χ4n) is 3.61. The Morgan fingerprint density at radius 3 is 2.21 bits per heavy atom. The molecule has 0 aromatic heterocycles. The van der Waals surface area contributed by atoms with Gasteiger partial charge in [0.25, 0.3) is 0 Å². The average molecular weight is 516 g/mol. The summed E-state index contributed by atoms with van der Waals surface area (Å²) in [7, 11) is 1.58. The molecule has 0 saturated heterocycles. The number of benzene rings is 3. The molecule has 0 saturated carbocycles. The Kier molecular flexibility index (Phi) is 9.87. The van der Waals surface area contributed by atoms with Crippen molar-refractivity contribution in [3.8, 4) is 0 Å². The van der Waals surface area contributed by atoms with Gasteiger partial charge in [0.1, 0.15) is 6.04 Å². The van der Waals surface area contributed by atoms with Crippen molar-refractivity contribution >= 4 is 46.8 Å². The maximum absolute atomic E-state index is 13.5. The number of likely N-dealkylation sites (N-methyl/N-ethyl adjacent to an activating group) is 1. The second-order valence-corrected chi connectivity index (χ2v) is 9.94.